The molecule has 0 saturated carbocycles. The first-order chi connectivity index (χ1) is 17.3. The third kappa shape index (κ3) is 7.20. The third-order valence-electron chi connectivity index (χ3n) is 7.69. The maximum Gasteiger partial charge on any atom is 0.304 e. The first kappa shape index (κ1) is 26.4. The van der Waals surface area contributed by atoms with Crippen LogP contribution in [0.2, 0.25) is 0 Å². The zero-order valence-corrected chi connectivity index (χ0v) is 22.0. The Morgan fingerprint density at radius 3 is 2.97 bits per heavy atom. The Hall–Kier alpha value is -2.64. The van der Waals surface area contributed by atoms with Crippen molar-refractivity contribution in [2.45, 2.75) is 64.4 Å². The van der Waals surface area contributed by atoms with Crippen LogP contribution in [0.3, 0.4) is 0 Å². The molecular formula is C29H41N3O4. The molecule has 3 atom stereocenters. The molecule has 0 unspecified atom stereocenters. The van der Waals surface area contributed by atoms with Gasteiger partial charge in [0.05, 0.1) is 12.5 Å². The fourth-order valence-corrected chi connectivity index (χ4v) is 5.37. The van der Waals surface area contributed by atoms with Crippen LogP contribution in [-0.2, 0) is 22.4 Å². The highest BCUT2D eigenvalue weighted by atomic mass is 16.5. The van der Waals surface area contributed by atoms with E-state index in [1.54, 1.807) is 7.11 Å². The molecule has 2 aromatic rings. The van der Waals surface area contributed by atoms with E-state index in [0.29, 0.717) is 6.61 Å². The second-order valence-electron chi connectivity index (χ2n) is 10.9. The number of benzene rings is 1. The predicted molar refractivity (Wildman–Crippen MR) is 142 cm³/mol. The number of carboxylic acid groups (broad SMARTS) is 1. The lowest BCUT2D eigenvalue weighted by molar-refractivity contribution is -0.137. The number of likely N-dealkylation sites (tertiary alicyclic amines) is 1. The Bertz CT molecular complexity index is 1030. The van der Waals surface area contributed by atoms with Gasteiger partial charge in [-0.1, -0.05) is 25.1 Å². The van der Waals surface area contributed by atoms with Gasteiger partial charge in [0.15, 0.2) is 0 Å². The van der Waals surface area contributed by atoms with Gasteiger partial charge in [0.1, 0.15) is 18.2 Å². The average molecular weight is 496 g/mol. The second-order valence-corrected chi connectivity index (χ2v) is 10.9. The van der Waals surface area contributed by atoms with Crippen LogP contribution < -0.4 is 10.1 Å². The molecule has 1 aromatic heterocycles. The average Bonchev–Trinajstić information content (AvgIpc) is 3.26. The summed E-state index contributed by atoms with van der Waals surface area (Å²) in [5.41, 5.74) is 3.71. The van der Waals surface area contributed by atoms with Gasteiger partial charge in [-0.3, -0.25) is 4.79 Å². The van der Waals surface area contributed by atoms with Gasteiger partial charge in [0.25, 0.3) is 0 Å². The minimum atomic E-state index is -0.770. The number of carbonyl (C=O) groups is 1. The standard InChI is InChI=1S/C29H41N3O4/c1-21(35-3)19-36-26-8-4-6-23(16-26)24(17-27(33)34)18-32-15-13-29(2,20-32)12-11-25-10-9-22-7-5-14-30-28(22)31-25/h4,6,8-10,16,21,24H,5,7,11-15,17-20H2,1-3H3,(H,30,31)(H,33,34)/t21-,24+,29+/m0/s1. The summed E-state index contributed by atoms with van der Waals surface area (Å²) in [6.45, 7) is 8.50. The molecule has 196 valence electrons. The summed E-state index contributed by atoms with van der Waals surface area (Å²) >= 11 is 0. The Morgan fingerprint density at radius 2 is 2.17 bits per heavy atom. The number of ether oxygens (including phenoxy) is 2. The van der Waals surface area contributed by atoms with Crippen LogP contribution in [0.1, 0.15) is 62.3 Å². The molecule has 3 heterocycles. The molecule has 0 bridgehead atoms. The minimum Gasteiger partial charge on any atom is -0.491 e. The zero-order chi connectivity index (χ0) is 25.5. The highest BCUT2D eigenvalue weighted by molar-refractivity contribution is 5.68. The van der Waals surface area contributed by atoms with Gasteiger partial charge < -0.3 is 24.8 Å². The lowest BCUT2D eigenvalue weighted by atomic mass is 9.84. The van der Waals surface area contributed by atoms with Crippen molar-refractivity contribution in [2.24, 2.45) is 5.41 Å². The highest BCUT2D eigenvalue weighted by Gasteiger charge is 2.35. The monoisotopic (exact) mass is 495 g/mol. The normalized spacial score (nSPS) is 21.4. The number of hydrogen-bond donors (Lipinski definition) is 2. The Balaban J connectivity index is 1.35. The second kappa shape index (κ2) is 12.1. The summed E-state index contributed by atoms with van der Waals surface area (Å²) in [4.78, 5) is 19.0. The van der Waals surface area contributed by atoms with Crippen molar-refractivity contribution in [3.05, 3.63) is 53.2 Å². The molecule has 0 radical (unpaired) electrons. The number of anilines is 1. The number of methoxy groups -OCH3 is 1. The highest BCUT2D eigenvalue weighted by Crippen LogP contribution is 2.36. The van der Waals surface area contributed by atoms with Crippen molar-refractivity contribution in [3.63, 3.8) is 0 Å². The van der Waals surface area contributed by atoms with E-state index in [1.165, 1.54) is 12.0 Å². The van der Waals surface area contributed by atoms with Crippen LogP contribution in [0.25, 0.3) is 0 Å². The van der Waals surface area contributed by atoms with E-state index in [4.69, 9.17) is 14.5 Å². The first-order valence-electron chi connectivity index (χ1n) is 13.3. The number of aliphatic carboxylic acids is 1. The fourth-order valence-electron chi connectivity index (χ4n) is 5.37. The molecule has 2 aliphatic rings. The predicted octanol–water partition coefficient (Wildman–Crippen LogP) is 4.76. The van der Waals surface area contributed by atoms with Crippen molar-refractivity contribution in [3.8, 4) is 5.75 Å². The van der Waals surface area contributed by atoms with E-state index in [0.717, 1.165) is 74.7 Å². The summed E-state index contributed by atoms with van der Waals surface area (Å²) in [7, 11) is 1.66. The van der Waals surface area contributed by atoms with Crippen LogP contribution in [-0.4, -0.2) is 67.0 Å². The van der Waals surface area contributed by atoms with Crippen molar-refractivity contribution in [1.82, 2.24) is 9.88 Å². The number of rotatable bonds is 12. The van der Waals surface area contributed by atoms with Gasteiger partial charge in [-0.25, -0.2) is 4.98 Å². The van der Waals surface area contributed by atoms with Gasteiger partial charge in [-0.2, -0.15) is 0 Å². The minimum absolute atomic E-state index is 0.00137. The molecule has 0 amide bonds. The number of carboxylic acids is 1. The molecule has 1 aromatic carbocycles. The molecule has 7 heteroatoms. The van der Waals surface area contributed by atoms with E-state index in [2.05, 4.69) is 29.3 Å². The summed E-state index contributed by atoms with van der Waals surface area (Å²) in [5.74, 6) is 0.969. The largest absolute Gasteiger partial charge is 0.491 e. The van der Waals surface area contributed by atoms with Crippen LogP contribution in [0.4, 0.5) is 5.82 Å². The Kier molecular flexibility index (Phi) is 8.86. The Labute approximate surface area is 215 Å². The van der Waals surface area contributed by atoms with Gasteiger partial charge in [-0.15, -0.1) is 0 Å². The van der Waals surface area contributed by atoms with Gasteiger partial charge in [0.2, 0.25) is 0 Å². The van der Waals surface area contributed by atoms with Crippen molar-refractivity contribution >= 4 is 11.8 Å². The molecule has 0 aliphatic carbocycles. The maximum absolute atomic E-state index is 11.7. The molecule has 36 heavy (non-hydrogen) atoms. The van der Waals surface area contributed by atoms with E-state index in [9.17, 15) is 9.90 Å². The van der Waals surface area contributed by atoms with Crippen molar-refractivity contribution < 1.29 is 19.4 Å². The summed E-state index contributed by atoms with van der Waals surface area (Å²) < 4.78 is 11.1. The van der Waals surface area contributed by atoms with Crippen LogP contribution in [0.15, 0.2) is 36.4 Å². The lowest BCUT2D eigenvalue weighted by Crippen LogP contribution is -2.30. The Morgan fingerprint density at radius 1 is 1.31 bits per heavy atom. The van der Waals surface area contributed by atoms with E-state index >= 15 is 0 Å². The summed E-state index contributed by atoms with van der Waals surface area (Å²) in [6, 6.07) is 12.3. The van der Waals surface area contributed by atoms with Crippen molar-refractivity contribution in [1.29, 1.82) is 0 Å². The number of pyridine rings is 1. The quantitative estimate of drug-likeness (QED) is 0.439. The van der Waals surface area contributed by atoms with E-state index < -0.39 is 5.97 Å². The van der Waals surface area contributed by atoms with Crippen LogP contribution in [0.5, 0.6) is 5.75 Å². The van der Waals surface area contributed by atoms with Crippen molar-refractivity contribution in [2.75, 3.05) is 45.2 Å². The lowest BCUT2D eigenvalue weighted by Gasteiger charge is -2.27. The molecule has 1 fully saturated rings. The molecule has 2 aliphatic heterocycles. The van der Waals surface area contributed by atoms with Crippen LogP contribution >= 0.6 is 0 Å². The van der Waals surface area contributed by atoms with Gasteiger partial charge in [0, 0.05) is 38.4 Å². The van der Waals surface area contributed by atoms with Gasteiger partial charge >= 0.3 is 5.97 Å². The molecule has 7 nitrogen and oxygen atoms in total. The number of fused-ring (bicyclic) bond motifs is 1. The van der Waals surface area contributed by atoms with E-state index in [-0.39, 0.29) is 23.9 Å². The molecule has 1 saturated heterocycles. The number of nitrogens with zero attached hydrogens (tertiary/aromatic N) is 2. The topological polar surface area (TPSA) is 83.9 Å². The number of hydrogen-bond acceptors (Lipinski definition) is 6. The maximum atomic E-state index is 11.7. The summed E-state index contributed by atoms with van der Waals surface area (Å²) in [6.07, 6.45) is 5.57. The van der Waals surface area contributed by atoms with Crippen LogP contribution in [0, 0.1) is 5.41 Å². The number of nitrogens with one attached hydrogen (secondary N) is 1. The molecule has 4 rings (SSSR count). The van der Waals surface area contributed by atoms with Gasteiger partial charge in [-0.05, 0) is 80.3 Å². The SMILES string of the molecule is CO[C@@H](C)COc1cccc([C@H](CC(=O)O)CN2CC[C@@](C)(CCc3ccc4c(n3)NCCC4)C2)c1. The molecule has 2 N–H and O–H groups in total. The molecule has 0 spiro atoms. The smallest absolute Gasteiger partial charge is 0.304 e. The molecular weight excluding hydrogens is 454 g/mol. The number of aryl methyl sites for hydroxylation is 2. The first-order valence-corrected chi connectivity index (χ1v) is 13.3. The number of aromatic nitrogens is 1. The fraction of sp³-hybridized carbons (Fsp3) is 0.586. The summed E-state index contributed by atoms with van der Waals surface area (Å²) in [5, 5.41) is 13.1. The van der Waals surface area contributed by atoms with E-state index in [1.807, 2.05) is 31.2 Å². The third-order valence-corrected chi connectivity index (χ3v) is 7.69. The zero-order valence-electron chi connectivity index (χ0n) is 22.0.